The first kappa shape index (κ1) is 15.0. The lowest BCUT2D eigenvalue weighted by Crippen LogP contribution is -2.52. The molecule has 6 nitrogen and oxygen atoms in total. The van der Waals surface area contributed by atoms with Crippen molar-refractivity contribution in [2.75, 3.05) is 6.61 Å². The van der Waals surface area contributed by atoms with Crippen molar-refractivity contribution in [3.05, 3.63) is 29.8 Å². The van der Waals surface area contributed by atoms with Gasteiger partial charge in [0.15, 0.2) is 0 Å². The summed E-state index contributed by atoms with van der Waals surface area (Å²) in [6.07, 6.45) is 1.48. The van der Waals surface area contributed by atoms with Gasteiger partial charge in [0.05, 0.1) is 6.61 Å². The van der Waals surface area contributed by atoms with Crippen LogP contribution in [0.5, 0.6) is 5.75 Å². The van der Waals surface area contributed by atoms with E-state index in [1.807, 2.05) is 6.92 Å². The van der Waals surface area contributed by atoms with Crippen molar-refractivity contribution < 1.29 is 19.1 Å². The first-order chi connectivity index (χ1) is 10.1. The molecule has 3 amide bonds. The summed E-state index contributed by atoms with van der Waals surface area (Å²) in [7, 11) is 0. The lowest BCUT2D eigenvalue weighted by molar-refractivity contribution is -0.134. The number of hydrogen-bond donors (Lipinski definition) is 2. The van der Waals surface area contributed by atoms with Crippen molar-refractivity contribution in [3.63, 3.8) is 0 Å². The van der Waals surface area contributed by atoms with E-state index in [0.717, 1.165) is 6.42 Å². The van der Waals surface area contributed by atoms with Crippen LogP contribution in [0.15, 0.2) is 24.3 Å². The Morgan fingerprint density at radius 2 is 2.05 bits per heavy atom. The van der Waals surface area contributed by atoms with E-state index in [2.05, 4.69) is 10.6 Å². The fourth-order valence-corrected chi connectivity index (χ4v) is 2.00. The predicted octanol–water partition coefficient (Wildman–Crippen LogP) is 1.01. The summed E-state index contributed by atoms with van der Waals surface area (Å²) >= 11 is 0. The molecule has 1 atom stereocenters. The van der Waals surface area contributed by atoms with E-state index in [9.17, 15) is 14.4 Å². The standard InChI is InChI=1S/C15H18N2O4/c1-2-9-21-11-5-3-10(4-6-11)14(19)16-12-7-8-13(18)17-15(12)20/h3-6,12H,2,7-9H2,1H3,(H,16,19)(H,17,18,20). The Hall–Kier alpha value is -2.37. The van der Waals surface area contributed by atoms with Gasteiger partial charge in [0, 0.05) is 12.0 Å². The molecule has 1 aliphatic heterocycles. The van der Waals surface area contributed by atoms with Crippen LogP contribution in [0.25, 0.3) is 0 Å². The second-order valence-electron chi connectivity index (χ2n) is 4.85. The Labute approximate surface area is 122 Å². The average molecular weight is 290 g/mol. The van der Waals surface area contributed by atoms with E-state index in [1.165, 1.54) is 0 Å². The predicted molar refractivity (Wildman–Crippen MR) is 75.9 cm³/mol. The number of piperidine rings is 1. The first-order valence-electron chi connectivity index (χ1n) is 6.97. The van der Waals surface area contributed by atoms with Crippen molar-refractivity contribution >= 4 is 17.7 Å². The topological polar surface area (TPSA) is 84.5 Å². The molecule has 0 spiro atoms. The molecule has 1 fully saturated rings. The molecule has 1 unspecified atom stereocenters. The van der Waals surface area contributed by atoms with Crippen LogP contribution in [0.4, 0.5) is 0 Å². The highest BCUT2D eigenvalue weighted by atomic mass is 16.5. The molecule has 21 heavy (non-hydrogen) atoms. The van der Waals surface area contributed by atoms with Crippen molar-refractivity contribution in [1.29, 1.82) is 0 Å². The quantitative estimate of drug-likeness (QED) is 0.793. The minimum Gasteiger partial charge on any atom is -0.494 e. The number of amides is 3. The molecule has 0 saturated carbocycles. The maximum atomic E-state index is 12.0. The van der Waals surface area contributed by atoms with Gasteiger partial charge in [-0.25, -0.2) is 0 Å². The number of imide groups is 1. The molecular formula is C15H18N2O4. The fraction of sp³-hybridized carbons (Fsp3) is 0.400. The van der Waals surface area contributed by atoms with E-state index in [1.54, 1.807) is 24.3 Å². The van der Waals surface area contributed by atoms with Crippen LogP contribution in [-0.2, 0) is 9.59 Å². The van der Waals surface area contributed by atoms with Crippen LogP contribution < -0.4 is 15.4 Å². The number of rotatable bonds is 5. The molecule has 6 heteroatoms. The van der Waals surface area contributed by atoms with Gasteiger partial charge in [-0.2, -0.15) is 0 Å². The number of carbonyl (C=O) groups is 3. The van der Waals surface area contributed by atoms with Gasteiger partial charge in [0.2, 0.25) is 11.8 Å². The molecule has 0 radical (unpaired) electrons. The maximum Gasteiger partial charge on any atom is 0.251 e. The fourth-order valence-electron chi connectivity index (χ4n) is 2.00. The van der Waals surface area contributed by atoms with Crippen LogP contribution in [0.3, 0.4) is 0 Å². The normalized spacial score (nSPS) is 18.0. The van der Waals surface area contributed by atoms with Crippen molar-refractivity contribution in [3.8, 4) is 5.75 Å². The second-order valence-corrected chi connectivity index (χ2v) is 4.85. The third kappa shape index (κ3) is 4.05. The van der Waals surface area contributed by atoms with Crippen LogP contribution in [-0.4, -0.2) is 30.4 Å². The van der Waals surface area contributed by atoms with Crippen LogP contribution in [0, 0.1) is 0 Å². The van der Waals surface area contributed by atoms with E-state index in [0.29, 0.717) is 24.3 Å². The highest BCUT2D eigenvalue weighted by Crippen LogP contribution is 2.13. The smallest absolute Gasteiger partial charge is 0.251 e. The van der Waals surface area contributed by atoms with Gasteiger partial charge in [0.1, 0.15) is 11.8 Å². The molecular weight excluding hydrogens is 272 g/mol. The Kier molecular flexibility index (Phi) is 4.92. The molecule has 1 heterocycles. The zero-order valence-corrected chi connectivity index (χ0v) is 11.8. The number of nitrogens with one attached hydrogen (secondary N) is 2. The van der Waals surface area contributed by atoms with Crippen LogP contribution in [0.2, 0.25) is 0 Å². The van der Waals surface area contributed by atoms with Gasteiger partial charge in [-0.3, -0.25) is 19.7 Å². The first-order valence-corrected chi connectivity index (χ1v) is 6.97. The van der Waals surface area contributed by atoms with Crippen molar-refractivity contribution in [2.24, 2.45) is 0 Å². The third-order valence-corrected chi connectivity index (χ3v) is 3.13. The Balaban J connectivity index is 1.94. The monoisotopic (exact) mass is 290 g/mol. The number of carbonyl (C=O) groups excluding carboxylic acids is 3. The van der Waals surface area contributed by atoms with Crippen LogP contribution >= 0.6 is 0 Å². The molecule has 2 rings (SSSR count). The SMILES string of the molecule is CCCOc1ccc(C(=O)NC2CCC(=O)NC2=O)cc1. The summed E-state index contributed by atoms with van der Waals surface area (Å²) in [6.45, 7) is 2.64. The maximum absolute atomic E-state index is 12.0. The molecule has 112 valence electrons. The summed E-state index contributed by atoms with van der Waals surface area (Å²) in [5, 5.41) is 4.83. The minimum atomic E-state index is -0.661. The Morgan fingerprint density at radius 1 is 1.33 bits per heavy atom. The second kappa shape index (κ2) is 6.88. The zero-order chi connectivity index (χ0) is 15.2. The largest absolute Gasteiger partial charge is 0.494 e. The summed E-state index contributed by atoms with van der Waals surface area (Å²) in [4.78, 5) is 34.7. The summed E-state index contributed by atoms with van der Waals surface area (Å²) in [5.74, 6) is -0.397. The highest BCUT2D eigenvalue weighted by molar-refractivity contribution is 6.03. The van der Waals surface area contributed by atoms with Gasteiger partial charge in [-0.05, 0) is 37.1 Å². The number of benzene rings is 1. The molecule has 1 aromatic carbocycles. The molecule has 1 aliphatic rings. The highest BCUT2D eigenvalue weighted by Gasteiger charge is 2.27. The third-order valence-electron chi connectivity index (χ3n) is 3.13. The molecule has 0 bridgehead atoms. The molecule has 0 aromatic heterocycles. The Morgan fingerprint density at radius 3 is 2.67 bits per heavy atom. The number of ether oxygens (including phenoxy) is 1. The minimum absolute atomic E-state index is 0.237. The van der Waals surface area contributed by atoms with Crippen molar-refractivity contribution in [1.82, 2.24) is 10.6 Å². The number of hydrogen-bond acceptors (Lipinski definition) is 4. The summed E-state index contributed by atoms with van der Waals surface area (Å²) < 4.78 is 5.44. The van der Waals surface area contributed by atoms with E-state index >= 15 is 0 Å². The van der Waals surface area contributed by atoms with Gasteiger partial charge >= 0.3 is 0 Å². The average Bonchev–Trinajstić information content (AvgIpc) is 2.48. The van der Waals surface area contributed by atoms with Gasteiger partial charge < -0.3 is 10.1 Å². The lowest BCUT2D eigenvalue weighted by Gasteiger charge is -2.21. The summed E-state index contributed by atoms with van der Waals surface area (Å²) in [5.41, 5.74) is 0.448. The van der Waals surface area contributed by atoms with Gasteiger partial charge in [-0.15, -0.1) is 0 Å². The Bertz CT molecular complexity index is 539. The van der Waals surface area contributed by atoms with E-state index < -0.39 is 11.9 Å². The summed E-state index contributed by atoms with van der Waals surface area (Å²) in [6, 6.07) is 6.06. The van der Waals surface area contributed by atoms with Gasteiger partial charge in [-0.1, -0.05) is 6.92 Å². The van der Waals surface area contributed by atoms with E-state index in [-0.39, 0.29) is 18.2 Å². The molecule has 0 aliphatic carbocycles. The lowest BCUT2D eigenvalue weighted by atomic mass is 10.1. The van der Waals surface area contributed by atoms with Gasteiger partial charge in [0.25, 0.3) is 5.91 Å². The van der Waals surface area contributed by atoms with Crippen LogP contribution in [0.1, 0.15) is 36.5 Å². The van der Waals surface area contributed by atoms with E-state index in [4.69, 9.17) is 4.74 Å². The molecule has 1 aromatic rings. The zero-order valence-electron chi connectivity index (χ0n) is 11.8. The molecule has 2 N–H and O–H groups in total. The van der Waals surface area contributed by atoms with Crippen molar-refractivity contribution in [2.45, 2.75) is 32.2 Å². The molecule has 1 saturated heterocycles.